The van der Waals surface area contributed by atoms with E-state index in [0.29, 0.717) is 0 Å². The molecule has 0 radical (unpaired) electrons. The second-order valence-electron chi connectivity index (χ2n) is 7.23. The van der Waals surface area contributed by atoms with E-state index in [1.165, 1.54) is 36.4 Å². The first-order valence-corrected chi connectivity index (χ1v) is 9.87. The zero-order valence-corrected chi connectivity index (χ0v) is 16.5. The van der Waals surface area contributed by atoms with Gasteiger partial charge in [-0.25, -0.2) is 12.8 Å². The molecule has 0 aliphatic carbocycles. The molecule has 9 heteroatoms. The van der Waals surface area contributed by atoms with Crippen LogP contribution in [-0.2, 0) is 14.8 Å². The van der Waals surface area contributed by atoms with Gasteiger partial charge < -0.3 is 11.1 Å². The zero-order chi connectivity index (χ0) is 21.1. The van der Waals surface area contributed by atoms with Gasteiger partial charge in [-0.2, -0.15) is 4.72 Å². The van der Waals surface area contributed by atoms with E-state index >= 15 is 0 Å². The first kappa shape index (κ1) is 21.5. The average molecular weight is 407 g/mol. The molecule has 4 N–H and O–H groups in total. The monoisotopic (exact) mass is 407 g/mol. The van der Waals surface area contributed by atoms with Crippen LogP contribution < -0.4 is 15.8 Å². The number of nitrogens with two attached hydrogens (primary N) is 1. The van der Waals surface area contributed by atoms with Gasteiger partial charge in [0.1, 0.15) is 11.9 Å². The van der Waals surface area contributed by atoms with E-state index in [-0.39, 0.29) is 16.0 Å². The number of sulfonamides is 1. The molecule has 0 saturated carbocycles. The minimum absolute atomic E-state index is 0.145. The maximum Gasteiger partial charge on any atom is 0.248 e. The summed E-state index contributed by atoms with van der Waals surface area (Å²) in [6.07, 6.45) is 0. The smallest absolute Gasteiger partial charge is 0.248 e. The quantitative estimate of drug-likeness (QED) is 0.677. The number of primary amides is 1. The number of hydrogen-bond acceptors (Lipinski definition) is 4. The van der Waals surface area contributed by atoms with Crippen molar-refractivity contribution < 1.29 is 22.4 Å². The molecule has 0 aliphatic rings. The maximum atomic E-state index is 13.3. The summed E-state index contributed by atoms with van der Waals surface area (Å²) in [7, 11) is -4.12. The fraction of sp³-hybridized carbons (Fsp3) is 0.263. The number of rotatable bonds is 6. The molecule has 1 unspecified atom stereocenters. The van der Waals surface area contributed by atoms with Crippen molar-refractivity contribution in [3.63, 3.8) is 0 Å². The van der Waals surface area contributed by atoms with Crippen LogP contribution in [-0.4, -0.2) is 25.8 Å². The van der Waals surface area contributed by atoms with Gasteiger partial charge in [-0.1, -0.05) is 12.1 Å². The van der Waals surface area contributed by atoms with Crippen LogP contribution in [0, 0.1) is 5.82 Å². The summed E-state index contributed by atoms with van der Waals surface area (Å²) in [5.74, 6) is -1.79. The van der Waals surface area contributed by atoms with Crippen molar-refractivity contribution in [2.75, 3.05) is 0 Å². The zero-order valence-electron chi connectivity index (χ0n) is 15.7. The van der Waals surface area contributed by atoms with Gasteiger partial charge in [0.2, 0.25) is 21.8 Å². The molecule has 1 atom stereocenters. The van der Waals surface area contributed by atoms with Gasteiger partial charge in [-0.05, 0) is 62.7 Å². The Balaban J connectivity index is 2.38. The van der Waals surface area contributed by atoms with Gasteiger partial charge in [-0.3, -0.25) is 9.59 Å². The molecule has 0 heterocycles. The largest absolute Gasteiger partial charge is 0.366 e. The third-order valence-electron chi connectivity index (χ3n) is 3.69. The fourth-order valence-electron chi connectivity index (χ4n) is 2.39. The number of carbonyl (C=O) groups is 2. The summed E-state index contributed by atoms with van der Waals surface area (Å²) in [6.45, 7) is 5.26. The SMILES string of the molecule is CC(C)(C)NC(=O)C(NS(=O)(=O)c1ccc(C(N)=O)cc1)c1ccc(F)cc1. The van der Waals surface area contributed by atoms with E-state index < -0.39 is 39.2 Å². The van der Waals surface area contributed by atoms with Gasteiger partial charge in [0.05, 0.1) is 4.90 Å². The molecule has 0 aromatic heterocycles. The molecule has 0 bridgehead atoms. The van der Waals surface area contributed by atoms with Crippen LogP contribution in [0.2, 0.25) is 0 Å². The third kappa shape index (κ3) is 5.61. The molecule has 7 nitrogen and oxygen atoms in total. The number of carbonyl (C=O) groups excluding carboxylic acids is 2. The van der Waals surface area contributed by atoms with Crippen LogP contribution in [0.1, 0.15) is 42.7 Å². The number of benzene rings is 2. The summed E-state index contributed by atoms with van der Waals surface area (Å²) >= 11 is 0. The van der Waals surface area contributed by atoms with Crippen LogP contribution in [0.5, 0.6) is 0 Å². The van der Waals surface area contributed by atoms with E-state index in [2.05, 4.69) is 10.0 Å². The molecular formula is C19H22FN3O4S. The maximum absolute atomic E-state index is 13.3. The summed E-state index contributed by atoms with van der Waals surface area (Å²) in [6, 6.07) is 8.66. The Morgan fingerprint density at radius 2 is 1.54 bits per heavy atom. The topological polar surface area (TPSA) is 118 Å². The number of halogens is 1. The first-order chi connectivity index (χ1) is 12.9. The van der Waals surface area contributed by atoms with Crippen molar-refractivity contribution in [3.05, 3.63) is 65.5 Å². The van der Waals surface area contributed by atoms with Crippen molar-refractivity contribution in [2.45, 2.75) is 37.2 Å². The Bertz CT molecular complexity index is 966. The van der Waals surface area contributed by atoms with E-state index in [1.807, 2.05) is 0 Å². The number of nitrogens with one attached hydrogen (secondary N) is 2. The van der Waals surface area contributed by atoms with Crippen molar-refractivity contribution in [3.8, 4) is 0 Å². The van der Waals surface area contributed by atoms with Gasteiger partial charge >= 0.3 is 0 Å². The summed E-state index contributed by atoms with van der Waals surface area (Å²) in [5.41, 5.74) is 4.98. The Morgan fingerprint density at radius 1 is 1.00 bits per heavy atom. The van der Waals surface area contributed by atoms with Gasteiger partial charge in [-0.15, -0.1) is 0 Å². The Labute approximate surface area is 163 Å². The van der Waals surface area contributed by atoms with Crippen LogP contribution >= 0.6 is 0 Å². The highest BCUT2D eigenvalue weighted by Crippen LogP contribution is 2.20. The lowest BCUT2D eigenvalue weighted by Gasteiger charge is -2.25. The van der Waals surface area contributed by atoms with E-state index in [9.17, 15) is 22.4 Å². The lowest BCUT2D eigenvalue weighted by atomic mass is 10.0. The van der Waals surface area contributed by atoms with Crippen molar-refractivity contribution in [1.82, 2.24) is 10.0 Å². The van der Waals surface area contributed by atoms with E-state index in [0.717, 1.165) is 12.1 Å². The molecule has 2 amide bonds. The second kappa shape index (κ2) is 8.07. The fourth-order valence-corrected chi connectivity index (χ4v) is 3.58. The molecule has 2 aromatic rings. The predicted octanol–water partition coefficient (Wildman–Crippen LogP) is 1.86. The van der Waals surface area contributed by atoms with Gasteiger partial charge in [0, 0.05) is 11.1 Å². The second-order valence-corrected chi connectivity index (χ2v) is 8.95. The summed E-state index contributed by atoms with van der Waals surface area (Å²) in [4.78, 5) is 23.7. The highest BCUT2D eigenvalue weighted by molar-refractivity contribution is 7.89. The van der Waals surface area contributed by atoms with Gasteiger partial charge in [0.15, 0.2) is 0 Å². The molecule has 2 aromatic carbocycles. The Kier molecular flexibility index (Phi) is 6.20. The normalized spacial score (nSPS) is 13.0. The highest BCUT2D eigenvalue weighted by Gasteiger charge is 2.29. The first-order valence-electron chi connectivity index (χ1n) is 8.39. The summed E-state index contributed by atoms with van der Waals surface area (Å²) < 4.78 is 41.1. The van der Waals surface area contributed by atoms with Crippen molar-refractivity contribution >= 4 is 21.8 Å². The minimum Gasteiger partial charge on any atom is -0.366 e. The number of amides is 2. The molecule has 0 fully saturated rings. The van der Waals surface area contributed by atoms with Crippen molar-refractivity contribution in [1.29, 1.82) is 0 Å². The molecular weight excluding hydrogens is 385 g/mol. The molecule has 2 rings (SSSR count). The highest BCUT2D eigenvalue weighted by atomic mass is 32.2. The van der Waals surface area contributed by atoms with Crippen LogP contribution in [0.15, 0.2) is 53.4 Å². The predicted molar refractivity (Wildman–Crippen MR) is 102 cm³/mol. The Hall–Kier alpha value is -2.78. The lowest BCUT2D eigenvalue weighted by Crippen LogP contribution is -2.47. The minimum atomic E-state index is -4.12. The molecule has 0 aliphatic heterocycles. The van der Waals surface area contributed by atoms with E-state index in [4.69, 9.17) is 5.73 Å². The van der Waals surface area contributed by atoms with Crippen LogP contribution in [0.25, 0.3) is 0 Å². The molecule has 0 saturated heterocycles. The molecule has 0 spiro atoms. The average Bonchev–Trinajstić information content (AvgIpc) is 2.59. The number of hydrogen-bond donors (Lipinski definition) is 3. The van der Waals surface area contributed by atoms with Crippen molar-refractivity contribution in [2.24, 2.45) is 5.73 Å². The van der Waals surface area contributed by atoms with Gasteiger partial charge in [0.25, 0.3) is 0 Å². The van der Waals surface area contributed by atoms with Crippen LogP contribution in [0.4, 0.5) is 4.39 Å². The summed E-state index contributed by atoms with van der Waals surface area (Å²) in [5, 5.41) is 2.71. The Morgan fingerprint density at radius 3 is 2.00 bits per heavy atom. The van der Waals surface area contributed by atoms with Crippen LogP contribution in [0.3, 0.4) is 0 Å². The molecule has 150 valence electrons. The van der Waals surface area contributed by atoms with E-state index in [1.54, 1.807) is 20.8 Å². The molecule has 28 heavy (non-hydrogen) atoms. The standard InChI is InChI=1S/C19H22FN3O4S/c1-19(2,3)22-18(25)16(12-4-8-14(20)9-5-12)23-28(26,27)15-10-6-13(7-11-15)17(21)24/h4-11,16,23H,1-3H3,(H2,21,24)(H,22,25). The lowest BCUT2D eigenvalue weighted by molar-refractivity contribution is -0.124. The third-order valence-corrected chi connectivity index (χ3v) is 5.12.